The summed E-state index contributed by atoms with van der Waals surface area (Å²) < 4.78 is 27.8. The van der Waals surface area contributed by atoms with Crippen LogP contribution in [-0.4, -0.2) is 63.7 Å². The van der Waals surface area contributed by atoms with E-state index < -0.39 is 12.0 Å². The van der Waals surface area contributed by atoms with Gasteiger partial charge in [0.05, 0.1) is 19.9 Å². The molecule has 2 aliphatic heterocycles. The molecule has 2 aromatic carbocycles. The Kier molecular flexibility index (Phi) is 6.58. The largest absolute Gasteiger partial charge is 0.496 e. The van der Waals surface area contributed by atoms with E-state index in [2.05, 4.69) is 5.16 Å². The van der Waals surface area contributed by atoms with Crippen LogP contribution < -0.4 is 23.7 Å². The molecule has 2 aromatic rings. The number of amides is 1. The first-order chi connectivity index (χ1) is 17.5. The van der Waals surface area contributed by atoms with Crippen LogP contribution in [0.1, 0.15) is 53.1 Å². The normalized spacial score (nSPS) is 19.6. The van der Waals surface area contributed by atoms with Gasteiger partial charge in [-0.05, 0) is 37.5 Å². The first kappa shape index (κ1) is 23.8. The van der Waals surface area contributed by atoms with Crippen molar-refractivity contribution in [2.75, 3.05) is 41.2 Å². The maximum absolute atomic E-state index is 13.4. The van der Waals surface area contributed by atoms with Crippen molar-refractivity contribution < 1.29 is 38.1 Å². The molecule has 0 saturated carbocycles. The molecule has 10 heteroatoms. The number of carbonyl (C=O) groups excluding carboxylic acids is 2. The van der Waals surface area contributed by atoms with Gasteiger partial charge in [-0.1, -0.05) is 5.16 Å². The lowest BCUT2D eigenvalue weighted by Crippen LogP contribution is -2.37. The molecule has 1 saturated heterocycles. The minimum absolute atomic E-state index is 0.108. The second-order valence-corrected chi connectivity index (χ2v) is 8.75. The smallest absolute Gasteiger partial charge is 0.415 e. The molecule has 1 amide bonds. The Labute approximate surface area is 208 Å². The van der Waals surface area contributed by atoms with Gasteiger partial charge in [-0.2, -0.15) is 0 Å². The van der Waals surface area contributed by atoms with Crippen molar-refractivity contribution in [2.45, 2.75) is 31.6 Å². The molecule has 0 N–H and O–H groups in total. The van der Waals surface area contributed by atoms with E-state index in [1.165, 1.54) is 14.2 Å². The molecule has 1 aliphatic carbocycles. The van der Waals surface area contributed by atoms with Crippen LogP contribution in [0.25, 0.3) is 0 Å². The Hall–Kier alpha value is -3.95. The molecule has 0 radical (unpaired) electrons. The Morgan fingerprint density at radius 2 is 1.61 bits per heavy atom. The van der Waals surface area contributed by atoms with Gasteiger partial charge in [0.25, 0.3) is 0 Å². The number of ketones is 1. The van der Waals surface area contributed by atoms with Crippen LogP contribution in [0.15, 0.2) is 29.4 Å². The molecular weight excluding hydrogens is 468 g/mol. The maximum Gasteiger partial charge on any atom is 0.415 e. The zero-order valence-corrected chi connectivity index (χ0v) is 20.5. The van der Waals surface area contributed by atoms with Crippen LogP contribution in [0, 0.1) is 0 Å². The molecule has 0 spiro atoms. The summed E-state index contributed by atoms with van der Waals surface area (Å²) in [7, 11) is 4.48. The fourth-order valence-corrected chi connectivity index (χ4v) is 4.91. The van der Waals surface area contributed by atoms with Gasteiger partial charge in [0.15, 0.2) is 28.8 Å². The van der Waals surface area contributed by atoms with Crippen LogP contribution in [0.3, 0.4) is 0 Å². The van der Waals surface area contributed by atoms with E-state index in [9.17, 15) is 9.59 Å². The van der Waals surface area contributed by atoms with Crippen LogP contribution in [-0.2, 0) is 4.84 Å². The number of fused-ring (bicyclic) bond motifs is 2. The number of hydrogen-bond acceptors (Lipinski definition) is 9. The third-order valence-corrected chi connectivity index (χ3v) is 6.70. The number of piperidine rings is 1. The van der Waals surface area contributed by atoms with E-state index in [1.54, 1.807) is 36.3 Å². The summed E-state index contributed by atoms with van der Waals surface area (Å²) in [6.07, 6.45) is 2.63. The van der Waals surface area contributed by atoms with Crippen molar-refractivity contribution in [3.63, 3.8) is 0 Å². The average molecular weight is 497 g/mol. The molecular formula is C26H28N2O8. The first-order valence-electron chi connectivity index (χ1n) is 11.8. The Balaban J connectivity index is 1.54. The highest BCUT2D eigenvalue weighted by Gasteiger charge is 2.37. The Morgan fingerprint density at radius 1 is 0.917 bits per heavy atom. The number of hydrogen-bond donors (Lipinski definition) is 0. The number of methoxy groups -OCH3 is 2. The lowest BCUT2D eigenvalue weighted by atomic mass is 9.77. The van der Waals surface area contributed by atoms with E-state index in [-0.39, 0.29) is 24.7 Å². The number of likely N-dealkylation sites (tertiary alicyclic amines) is 1. The first-order valence-corrected chi connectivity index (χ1v) is 11.8. The van der Waals surface area contributed by atoms with Gasteiger partial charge in [0.1, 0.15) is 12.9 Å². The monoisotopic (exact) mass is 496 g/mol. The second kappa shape index (κ2) is 9.96. The van der Waals surface area contributed by atoms with Gasteiger partial charge < -0.3 is 33.4 Å². The standard InChI is InChI=1S/C26H28N2O8/c1-31-20-13-23-22(34-14-35-23)11-16(20)17-9-19(29)15-10-24(36-26(30)28-7-5-4-6-8-28)21(32-2)12-18(15)25(17)27-33-3/h10-13,17H,4-9,14H2,1-3H3. The van der Waals surface area contributed by atoms with Gasteiger partial charge in [-0.3, -0.25) is 4.79 Å². The quantitative estimate of drug-likeness (QED) is 0.569. The topological polar surface area (TPSA) is 105 Å². The molecule has 10 nitrogen and oxygen atoms in total. The average Bonchev–Trinajstić information content (AvgIpc) is 3.37. The summed E-state index contributed by atoms with van der Waals surface area (Å²) in [4.78, 5) is 33.0. The van der Waals surface area contributed by atoms with E-state index in [1.807, 2.05) is 0 Å². The van der Waals surface area contributed by atoms with Crippen LogP contribution in [0.2, 0.25) is 0 Å². The van der Waals surface area contributed by atoms with Crippen molar-refractivity contribution in [2.24, 2.45) is 5.16 Å². The number of oxime groups is 1. The molecule has 36 heavy (non-hydrogen) atoms. The summed E-state index contributed by atoms with van der Waals surface area (Å²) in [5.41, 5.74) is 2.16. The molecule has 3 aliphatic rings. The van der Waals surface area contributed by atoms with Gasteiger partial charge in [0.2, 0.25) is 6.79 Å². The highest BCUT2D eigenvalue weighted by Crippen LogP contribution is 2.46. The van der Waals surface area contributed by atoms with E-state index in [0.29, 0.717) is 52.9 Å². The minimum atomic E-state index is -0.471. The van der Waals surface area contributed by atoms with E-state index in [0.717, 1.165) is 24.8 Å². The van der Waals surface area contributed by atoms with Crippen molar-refractivity contribution in [1.29, 1.82) is 0 Å². The third-order valence-electron chi connectivity index (χ3n) is 6.70. The number of rotatable bonds is 5. The highest BCUT2D eigenvalue weighted by molar-refractivity contribution is 6.19. The van der Waals surface area contributed by atoms with E-state index >= 15 is 0 Å². The zero-order chi connectivity index (χ0) is 25.2. The van der Waals surface area contributed by atoms with Crippen molar-refractivity contribution in [1.82, 2.24) is 4.90 Å². The van der Waals surface area contributed by atoms with Crippen LogP contribution in [0.4, 0.5) is 4.79 Å². The van der Waals surface area contributed by atoms with Gasteiger partial charge in [-0.25, -0.2) is 4.79 Å². The summed E-state index contributed by atoms with van der Waals surface area (Å²) in [6, 6.07) is 6.76. The van der Waals surface area contributed by atoms with Crippen LogP contribution >= 0.6 is 0 Å². The summed E-state index contributed by atoms with van der Waals surface area (Å²) in [6.45, 7) is 1.41. The molecule has 0 bridgehead atoms. The lowest BCUT2D eigenvalue weighted by Gasteiger charge is -2.28. The molecule has 1 atom stereocenters. The Bertz CT molecular complexity index is 1220. The Morgan fingerprint density at radius 3 is 2.31 bits per heavy atom. The number of carbonyl (C=O) groups is 2. The molecule has 5 rings (SSSR count). The summed E-state index contributed by atoms with van der Waals surface area (Å²) >= 11 is 0. The van der Waals surface area contributed by atoms with Crippen molar-refractivity contribution in [3.05, 3.63) is 41.0 Å². The number of nitrogens with zero attached hydrogens (tertiary/aromatic N) is 2. The fourth-order valence-electron chi connectivity index (χ4n) is 4.91. The molecule has 1 fully saturated rings. The highest BCUT2D eigenvalue weighted by atomic mass is 16.7. The van der Waals surface area contributed by atoms with Gasteiger partial charge in [0, 0.05) is 48.2 Å². The number of ether oxygens (including phenoxy) is 5. The third kappa shape index (κ3) is 4.27. The van der Waals surface area contributed by atoms with Crippen LogP contribution in [0.5, 0.6) is 28.7 Å². The number of Topliss-reactive ketones (excluding diaryl/α,β-unsaturated/α-hetero) is 1. The molecule has 0 aromatic heterocycles. The summed E-state index contributed by atoms with van der Waals surface area (Å²) in [5.74, 6) is 1.58. The zero-order valence-electron chi connectivity index (χ0n) is 20.5. The molecule has 2 heterocycles. The van der Waals surface area contributed by atoms with E-state index in [4.69, 9.17) is 28.5 Å². The maximum atomic E-state index is 13.4. The molecule has 190 valence electrons. The number of benzene rings is 2. The fraction of sp³-hybridized carbons (Fsp3) is 0.423. The van der Waals surface area contributed by atoms with Gasteiger partial charge >= 0.3 is 6.09 Å². The lowest BCUT2D eigenvalue weighted by molar-refractivity contribution is 0.0974. The SMILES string of the molecule is CON=C1c2cc(OC)c(OC(=O)N3CCCCC3)cc2C(=O)CC1c1cc2c(cc1OC)OCO2. The van der Waals surface area contributed by atoms with Crippen molar-refractivity contribution >= 4 is 17.6 Å². The predicted molar refractivity (Wildman–Crippen MR) is 129 cm³/mol. The minimum Gasteiger partial charge on any atom is -0.496 e. The second-order valence-electron chi connectivity index (χ2n) is 8.75. The summed E-state index contributed by atoms with van der Waals surface area (Å²) in [5, 5.41) is 4.29. The van der Waals surface area contributed by atoms with Gasteiger partial charge in [-0.15, -0.1) is 0 Å². The van der Waals surface area contributed by atoms with Crippen molar-refractivity contribution in [3.8, 4) is 28.7 Å². The predicted octanol–water partition coefficient (Wildman–Crippen LogP) is 4.14. The molecule has 1 unspecified atom stereocenters.